The monoisotopic (exact) mass is 319 g/mol. The van der Waals surface area contributed by atoms with Crippen LogP contribution >= 0.6 is 0 Å². The van der Waals surface area contributed by atoms with Crippen molar-refractivity contribution < 1.29 is 8.42 Å². The molecule has 0 bridgehead atoms. The predicted octanol–water partition coefficient (Wildman–Crippen LogP) is 1.97. The van der Waals surface area contributed by atoms with E-state index in [0.29, 0.717) is 24.9 Å². The van der Waals surface area contributed by atoms with Gasteiger partial charge in [-0.15, -0.1) is 0 Å². The second-order valence-electron chi connectivity index (χ2n) is 6.93. The van der Waals surface area contributed by atoms with Crippen LogP contribution in [0.1, 0.15) is 53.4 Å². The highest BCUT2D eigenvalue weighted by Crippen LogP contribution is 2.12. The molecule has 1 fully saturated rings. The molecular weight excluding hydrogens is 286 g/mol. The highest BCUT2D eigenvalue weighted by Gasteiger charge is 2.26. The molecule has 1 aliphatic rings. The van der Waals surface area contributed by atoms with Gasteiger partial charge in [0, 0.05) is 25.7 Å². The first kappa shape index (κ1) is 18.9. The Hall–Kier alpha value is -0.170. The molecule has 0 aliphatic carbocycles. The Morgan fingerprint density at radius 1 is 1.14 bits per heavy atom. The molecule has 1 saturated heterocycles. The topological polar surface area (TPSA) is 61.4 Å². The Morgan fingerprint density at radius 3 is 2.14 bits per heavy atom. The van der Waals surface area contributed by atoms with Gasteiger partial charge < -0.3 is 5.32 Å². The van der Waals surface area contributed by atoms with E-state index in [4.69, 9.17) is 0 Å². The lowest BCUT2D eigenvalue weighted by Crippen LogP contribution is -2.51. The fourth-order valence-corrected chi connectivity index (χ4v) is 3.86. The highest BCUT2D eigenvalue weighted by atomic mass is 32.2. The predicted molar refractivity (Wildman–Crippen MR) is 88.4 cm³/mol. The second kappa shape index (κ2) is 9.08. The summed E-state index contributed by atoms with van der Waals surface area (Å²) in [6.45, 7) is 11.5. The summed E-state index contributed by atoms with van der Waals surface area (Å²) in [5.41, 5.74) is 0. The van der Waals surface area contributed by atoms with Crippen molar-refractivity contribution in [1.82, 2.24) is 14.3 Å². The molecule has 0 aromatic heterocycles. The molecule has 1 aliphatic heterocycles. The third-order valence-electron chi connectivity index (χ3n) is 3.86. The van der Waals surface area contributed by atoms with E-state index < -0.39 is 10.2 Å². The summed E-state index contributed by atoms with van der Waals surface area (Å²) >= 11 is 0. The molecule has 2 N–H and O–H groups in total. The molecule has 1 heterocycles. The van der Waals surface area contributed by atoms with Crippen LogP contribution in [0, 0.1) is 11.8 Å². The van der Waals surface area contributed by atoms with Gasteiger partial charge in [0.1, 0.15) is 0 Å². The van der Waals surface area contributed by atoms with Crippen molar-refractivity contribution in [3.63, 3.8) is 0 Å². The fraction of sp³-hybridized carbons (Fsp3) is 1.00. The van der Waals surface area contributed by atoms with Crippen LogP contribution in [-0.4, -0.2) is 44.9 Å². The Balaban J connectivity index is 2.63. The lowest BCUT2D eigenvalue weighted by atomic mass is 10.1. The van der Waals surface area contributed by atoms with Crippen LogP contribution in [0.15, 0.2) is 0 Å². The van der Waals surface area contributed by atoms with Crippen molar-refractivity contribution >= 4 is 10.2 Å². The fourth-order valence-electron chi connectivity index (χ4n) is 2.39. The lowest BCUT2D eigenvalue weighted by molar-refractivity contribution is 0.342. The van der Waals surface area contributed by atoms with Crippen LogP contribution in [0.25, 0.3) is 0 Å². The molecular formula is C15H33N3O2S. The van der Waals surface area contributed by atoms with Crippen LogP contribution in [0.2, 0.25) is 0 Å². The Bertz CT molecular complexity index is 364. The SMILES string of the molecule is CC(C)CCN(CCC(C)C)S(=O)(=O)NC1CCCNC1. The summed E-state index contributed by atoms with van der Waals surface area (Å²) in [6, 6.07) is 0.0318. The average Bonchev–Trinajstić information content (AvgIpc) is 2.38. The van der Waals surface area contributed by atoms with Crippen LogP contribution in [0.5, 0.6) is 0 Å². The second-order valence-corrected chi connectivity index (χ2v) is 8.63. The van der Waals surface area contributed by atoms with Crippen LogP contribution in [-0.2, 0) is 10.2 Å². The summed E-state index contributed by atoms with van der Waals surface area (Å²) in [4.78, 5) is 0. The molecule has 1 rings (SSSR count). The lowest BCUT2D eigenvalue weighted by Gasteiger charge is -2.29. The van der Waals surface area contributed by atoms with Gasteiger partial charge >= 0.3 is 0 Å². The zero-order valence-electron chi connectivity index (χ0n) is 14.1. The van der Waals surface area contributed by atoms with Crippen molar-refractivity contribution in [2.45, 2.75) is 59.4 Å². The summed E-state index contributed by atoms with van der Waals surface area (Å²) in [5.74, 6) is 1.02. The third kappa shape index (κ3) is 7.58. The molecule has 0 aromatic rings. The standard InChI is InChI=1S/C15H33N3O2S/c1-13(2)7-10-18(11-8-14(3)4)21(19,20)17-15-6-5-9-16-12-15/h13-17H,5-12H2,1-4H3. The number of rotatable bonds is 9. The highest BCUT2D eigenvalue weighted by molar-refractivity contribution is 7.87. The van der Waals surface area contributed by atoms with E-state index in [9.17, 15) is 8.42 Å². The number of nitrogens with zero attached hydrogens (tertiary/aromatic N) is 1. The average molecular weight is 320 g/mol. The summed E-state index contributed by atoms with van der Waals surface area (Å²) in [6.07, 6.45) is 3.77. The van der Waals surface area contributed by atoms with E-state index in [-0.39, 0.29) is 6.04 Å². The first-order valence-electron chi connectivity index (χ1n) is 8.29. The van der Waals surface area contributed by atoms with Gasteiger partial charge in [0.15, 0.2) is 0 Å². The van der Waals surface area contributed by atoms with Gasteiger partial charge in [0.25, 0.3) is 10.2 Å². The van der Waals surface area contributed by atoms with E-state index in [1.807, 2.05) is 0 Å². The first-order chi connectivity index (χ1) is 9.81. The first-order valence-corrected chi connectivity index (χ1v) is 9.73. The zero-order valence-corrected chi connectivity index (χ0v) is 14.9. The maximum absolute atomic E-state index is 12.6. The van der Waals surface area contributed by atoms with E-state index in [1.165, 1.54) is 0 Å². The van der Waals surface area contributed by atoms with Gasteiger partial charge in [-0.05, 0) is 44.1 Å². The molecule has 0 spiro atoms. The molecule has 0 saturated carbocycles. The Labute approximate surface area is 131 Å². The quantitative estimate of drug-likeness (QED) is 0.683. The van der Waals surface area contributed by atoms with Crippen molar-refractivity contribution in [3.05, 3.63) is 0 Å². The summed E-state index contributed by atoms with van der Waals surface area (Å²) in [7, 11) is -3.37. The number of piperidine rings is 1. The van der Waals surface area contributed by atoms with E-state index in [1.54, 1.807) is 4.31 Å². The summed E-state index contributed by atoms with van der Waals surface area (Å²) < 4.78 is 29.7. The smallest absolute Gasteiger partial charge is 0.279 e. The molecule has 126 valence electrons. The Kier molecular flexibility index (Phi) is 8.16. The molecule has 1 unspecified atom stereocenters. The van der Waals surface area contributed by atoms with Gasteiger partial charge in [0.05, 0.1) is 0 Å². The van der Waals surface area contributed by atoms with Gasteiger partial charge in [-0.1, -0.05) is 27.7 Å². The van der Waals surface area contributed by atoms with Gasteiger partial charge in [0.2, 0.25) is 0 Å². The molecule has 1 atom stereocenters. The van der Waals surface area contributed by atoms with E-state index >= 15 is 0 Å². The van der Waals surface area contributed by atoms with Crippen molar-refractivity contribution in [2.24, 2.45) is 11.8 Å². The van der Waals surface area contributed by atoms with Crippen molar-refractivity contribution in [2.75, 3.05) is 26.2 Å². The van der Waals surface area contributed by atoms with Gasteiger partial charge in [-0.2, -0.15) is 17.4 Å². The van der Waals surface area contributed by atoms with Gasteiger partial charge in [-0.25, -0.2) is 0 Å². The zero-order chi connectivity index (χ0) is 15.9. The van der Waals surface area contributed by atoms with E-state index in [0.717, 1.165) is 38.8 Å². The van der Waals surface area contributed by atoms with Gasteiger partial charge in [-0.3, -0.25) is 0 Å². The number of hydrogen-bond acceptors (Lipinski definition) is 3. The van der Waals surface area contributed by atoms with Crippen LogP contribution < -0.4 is 10.0 Å². The molecule has 0 amide bonds. The number of hydrogen-bond donors (Lipinski definition) is 2. The molecule has 0 radical (unpaired) electrons. The van der Waals surface area contributed by atoms with E-state index in [2.05, 4.69) is 37.7 Å². The van der Waals surface area contributed by atoms with Crippen LogP contribution in [0.3, 0.4) is 0 Å². The van der Waals surface area contributed by atoms with Crippen molar-refractivity contribution in [3.8, 4) is 0 Å². The number of nitrogens with one attached hydrogen (secondary N) is 2. The van der Waals surface area contributed by atoms with Crippen LogP contribution in [0.4, 0.5) is 0 Å². The van der Waals surface area contributed by atoms with Crippen molar-refractivity contribution in [1.29, 1.82) is 0 Å². The largest absolute Gasteiger partial charge is 0.315 e. The summed E-state index contributed by atoms with van der Waals surface area (Å²) in [5, 5.41) is 3.25. The molecule has 5 nitrogen and oxygen atoms in total. The normalized spacial score (nSPS) is 20.6. The third-order valence-corrected chi connectivity index (χ3v) is 5.54. The Morgan fingerprint density at radius 2 is 1.71 bits per heavy atom. The maximum Gasteiger partial charge on any atom is 0.279 e. The molecule has 0 aromatic carbocycles. The minimum Gasteiger partial charge on any atom is -0.315 e. The molecule has 21 heavy (non-hydrogen) atoms. The minimum atomic E-state index is -3.37. The maximum atomic E-state index is 12.6. The molecule has 6 heteroatoms. The minimum absolute atomic E-state index is 0.0318.